The number of aromatic nitrogens is 2. The summed E-state index contributed by atoms with van der Waals surface area (Å²) in [5, 5.41) is 0. The molecular formula is C8H11BrN2. The minimum Gasteiger partial charge on any atom is -0.241 e. The second-order valence-corrected chi connectivity index (χ2v) is 3.39. The molecule has 0 aliphatic rings. The van der Waals surface area contributed by atoms with E-state index in [1.165, 1.54) is 0 Å². The van der Waals surface area contributed by atoms with E-state index in [0.29, 0.717) is 5.92 Å². The van der Waals surface area contributed by atoms with E-state index in [1.807, 2.05) is 6.07 Å². The lowest BCUT2D eigenvalue weighted by molar-refractivity contribution is 0.703. The van der Waals surface area contributed by atoms with Crippen molar-refractivity contribution in [3.8, 4) is 0 Å². The standard InChI is InChI=1S/C8H11BrN2/c1-3-6(2)7-4-8(9)11-5-10-7/h4-6H,3H2,1-2H3. The summed E-state index contributed by atoms with van der Waals surface area (Å²) in [6, 6.07) is 1.97. The highest BCUT2D eigenvalue weighted by Gasteiger charge is 2.03. The first-order valence-electron chi connectivity index (χ1n) is 3.71. The number of hydrogen-bond acceptors (Lipinski definition) is 2. The number of hydrogen-bond donors (Lipinski definition) is 0. The molecule has 0 spiro atoms. The zero-order valence-corrected chi connectivity index (χ0v) is 8.30. The van der Waals surface area contributed by atoms with Gasteiger partial charge in [0.1, 0.15) is 10.9 Å². The van der Waals surface area contributed by atoms with Crippen LogP contribution in [0.15, 0.2) is 17.0 Å². The third-order valence-electron chi connectivity index (χ3n) is 1.77. The Labute approximate surface area is 75.2 Å². The van der Waals surface area contributed by atoms with E-state index in [0.717, 1.165) is 16.7 Å². The highest BCUT2D eigenvalue weighted by molar-refractivity contribution is 9.10. The van der Waals surface area contributed by atoms with E-state index in [2.05, 4.69) is 39.7 Å². The minimum atomic E-state index is 0.522. The van der Waals surface area contributed by atoms with Gasteiger partial charge in [0, 0.05) is 5.69 Å². The number of nitrogens with zero attached hydrogens (tertiary/aromatic N) is 2. The minimum absolute atomic E-state index is 0.522. The van der Waals surface area contributed by atoms with Gasteiger partial charge in [-0.25, -0.2) is 9.97 Å². The van der Waals surface area contributed by atoms with Gasteiger partial charge < -0.3 is 0 Å². The smallest absolute Gasteiger partial charge is 0.116 e. The van der Waals surface area contributed by atoms with Crippen LogP contribution in [-0.4, -0.2) is 9.97 Å². The Bertz CT molecular complexity index is 237. The second-order valence-electron chi connectivity index (χ2n) is 2.57. The first kappa shape index (κ1) is 8.65. The maximum Gasteiger partial charge on any atom is 0.116 e. The van der Waals surface area contributed by atoms with Crippen molar-refractivity contribution in [3.05, 3.63) is 22.7 Å². The van der Waals surface area contributed by atoms with Gasteiger partial charge in [0.05, 0.1) is 0 Å². The van der Waals surface area contributed by atoms with E-state index in [9.17, 15) is 0 Å². The van der Waals surface area contributed by atoms with Crippen molar-refractivity contribution < 1.29 is 0 Å². The van der Waals surface area contributed by atoms with Gasteiger partial charge in [0.25, 0.3) is 0 Å². The van der Waals surface area contributed by atoms with Crippen LogP contribution in [0.5, 0.6) is 0 Å². The lowest BCUT2D eigenvalue weighted by atomic mass is 10.1. The molecule has 11 heavy (non-hydrogen) atoms. The van der Waals surface area contributed by atoms with Crippen LogP contribution < -0.4 is 0 Å². The van der Waals surface area contributed by atoms with Gasteiger partial charge in [0.15, 0.2) is 0 Å². The molecule has 60 valence electrons. The van der Waals surface area contributed by atoms with Crippen LogP contribution in [0, 0.1) is 0 Å². The van der Waals surface area contributed by atoms with Crippen LogP contribution in [0.25, 0.3) is 0 Å². The van der Waals surface area contributed by atoms with Crippen LogP contribution in [0.2, 0.25) is 0 Å². The van der Waals surface area contributed by atoms with E-state index >= 15 is 0 Å². The lowest BCUT2D eigenvalue weighted by Crippen LogP contribution is -1.95. The maximum absolute atomic E-state index is 4.17. The van der Waals surface area contributed by atoms with Crippen LogP contribution >= 0.6 is 15.9 Å². The van der Waals surface area contributed by atoms with Crippen molar-refractivity contribution in [1.29, 1.82) is 0 Å². The molecule has 1 heterocycles. The summed E-state index contributed by atoms with van der Waals surface area (Å²) in [6.07, 6.45) is 2.70. The summed E-state index contributed by atoms with van der Waals surface area (Å²) in [5.74, 6) is 0.522. The van der Waals surface area contributed by atoms with E-state index in [4.69, 9.17) is 0 Å². The molecule has 0 aliphatic carbocycles. The van der Waals surface area contributed by atoms with Gasteiger partial charge >= 0.3 is 0 Å². The fourth-order valence-electron chi connectivity index (χ4n) is 0.826. The molecular weight excluding hydrogens is 204 g/mol. The number of halogens is 1. The molecule has 0 bridgehead atoms. The second kappa shape index (κ2) is 3.81. The van der Waals surface area contributed by atoms with Gasteiger partial charge in [-0.15, -0.1) is 0 Å². The third kappa shape index (κ3) is 2.26. The molecule has 0 aliphatic heterocycles. The zero-order chi connectivity index (χ0) is 8.27. The molecule has 0 amide bonds. The van der Waals surface area contributed by atoms with Crippen LogP contribution in [0.1, 0.15) is 31.9 Å². The molecule has 0 fully saturated rings. The normalized spacial score (nSPS) is 13.0. The molecule has 1 aromatic heterocycles. The predicted octanol–water partition coefficient (Wildman–Crippen LogP) is 2.75. The van der Waals surface area contributed by atoms with E-state index in [1.54, 1.807) is 6.33 Å². The molecule has 0 radical (unpaired) electrons. The summed E-state index contributed by atoms with van der Waals surface area (Å²) < 4.78 is 0.864. The van der Waals surface area contributed by atoms with Crippen molar-refractivity contribution >= 4 is 15.9 Å². The first-order chi connectivity index (χ1) is 5.24. The van der Waals surface area contributed by atoms with Gasteiger partial charge in [-0.3, -0.25) is 0 Å². The lowest BCUT2D eigenvalue weighted by Gasteiger charge is -2.06. The topological polar surface area (TPSA) is 25.8 Å². The summed E-state index contributed by atoms with van der Waals surface area (Å²) in [4.78, 5) is 8.13. The molecule has 0 saturated heterocycles. The average Bonchev–Trinajstić information content (AvgIpc) is 2.03. The van der Waals surface area contributed by atoms with Crippen LogP contribution in [0.3, 0.4) is 0 Å². The monoisotopic (exact) mass is 214 g/mol. The van der Waals surface area contributed by atoms with Gasteiger partial charge in [-0.2, -0.15) is 0 Å². The van der Waals surface area contributed by atoms with Crippen molar-refractivity contribution in [2.75, 3.05) is 0 Å². The summed E-state index contributed by atoms with van der Waals surface area (Å²) >= 11 is 3.31. The quantitative estimate of drug-likeness (QED) is 0.709. The molecule has 2 nitrogen and oxygen atoms in total. The molecule has 0 N–H and O–H groups in total. The fourth-order valence-corrected chi connectivity index (χ4v) is 1.15. The van der Waals surface area contributed by atoms with E-state index < -0.39 is 0 Å². The summed E-state index contributed by atoms with van der Waals surface area (Å²) in [6.45, 7) is 4.31. The average molecular weight is 215 g/mol. The molecule has 0 saturated carbocycles. The SMILES string of the molecule is CCC(C)c1cc(Br)ncn1. The third-order valence-corrected chi connectivity index (χ3v) is 2.21. The Morgan fingerprint density at radius 2 is 2.27 bits per heavy atom. The highest BCUT2D eigenvalue weighted by Crippen LogP contribution is 2.17. The Balaban J connectivity index is 2.86. The molecule has 1 unspecified atom stereocenters. The Kier molecular flexibility index (Phi) is 3.00. The van der Waals surface area contributed by atoms with Crippen LogP contribution in [-0.2, 0) is 0 Å². The van der Waals surface area contributed by atoms with Crippen molar-refractivity contribution in [3.63, 3.8) is 0 Å². The molecule has 1 aromatic rings. The predicted molar refractivity (Wildman–Crippen MR) is 48.4 cm³/mol. The Morgan fingerprint density at radius 1 is 1.55 bits per heavy atom. The van der Waals surface area contributed by atoms with Crippen molar-refractivity contribution in [2.45, 2.75) is 26.2 Å². The molecule has 1 rings (SSSR count). The van der Waals surface area contributed by atoms with E-state index in [-0.39, 0.29) is 0 Å². The highest BCUT2D eigenvalue weighted by atomic mass is 79.9. The molecule has 1 atom stereocenters. The Hall–Kier alpha value is -0.440. The fraction of sp³-hybridized carbons (Fsp3) is 0.500. The summed E-state index contributed by atoms with van der Waals surface area (Å²) in [5.41, 5.74) is 1.11. The molecule has 3 heteroatoms. The van der Waals surface area contributed by atoms with Gasteiger partial charge in [0.2, 0.25) is 0 Å². The maximum atomic E-state index is 4.17. The molecule has 0 aromatic carbocycles. The largest absolute Gasteiger partial charge is 0.241 e. The zero-order valence-electron chi connectivity index (χ0n) is 6.71. The van der Waals surface area contributed by atoms with Crippen molar-refractivity contribution in [2.24, 2.45) is 0 Å². The first-order valence-corrected chi connectivity index (χ1v) is 4.50. The Morgan fingerprint density at radius 3 is 2.82 bits per heavy atom. The van der Waals surface area contributed by atoms with Gasteiger partial charge in [-0.1, -0.05) is 13.8 Å². The van der Waals surface area contributed by atoms with Crippen LogP contribution in [0.4, 0.5) is 0 Å². The van der Waals surface area contributed by atoms with Gasteiger partial charge in [-0.05, 0) is 34.3 Å². The van der Waals surface area contributed by atoms with Crippen molar-refractivity contribution in [1.82, 2.24) is 9.97 Å². The summed E-state index contributed by atoms with van der Waals surface area (Å²) in [7, 11) is 0. The number of rotatable bonds is 2.